The summed E-state index contributed by atoms with van der Waals surface area (Å²) >= 11 is 0. The normalized spacial score (nSPS) is 23.4. The lowest BCUT2D eigenvalue weighted by molar-refractivity contribution is -0.126. The summed E-state index contributed by atoms with van der Waals surface area (Å²) in [5.74, 6) is 0.212. The van der Waals surface area contributed by atoms with Crippen molar-refractivity contribution in [1.82, 2.24) is 9.88 Å². The monoisotopic (exact) mass is 348 g/mol. The molecule has 2 aliphatic rings. The van der Waals surface area contributed by atoms with Gasteiger partial charge in [-0.3, -0.25) is 20.4 Å². The van der Waals surface area contributed by atoms with Crippen molar-refractivity contribution >= 4 is 23.5 Å². The molecular weight excluding hydrogens is 324 g/mol. The van der Waals surface area contributed by atoms with Crippen LogP contribution in [0.5, 0.6) is 0 Å². The number of carbonyl (C=O) groups is 2. The number of hydrogen-bond acceptors (Lipinski definition) is 6. The third kappa shape index (κ3) is 3.13. The maximum absolute atomic E-state index is 13.1. The van der Waals surface area contributed by atoms with Crippen LogP contribution in [0.2, 0.25) is 0 Å². The molecule has 0 saturated carbocycles. The van der Waals surface area contributed by atoms with E-state index in [1.807, 2.05) is 26.3 Å². The third-order valence-corrected chi connectivity index (χ3v) is 4.67. The van der Waals surface area contributed by atoms with Crippen LogP contribution in [0.4, 0.5) is 16.3 Å². The number of pyridine rings is 1. The van der Waals surface area contributed by atoms with Gasteiger partial charge in [-0.25, -0.2) is 9.78 Å². The minimum atomic E-state index is -0.823. The maximum atomic E-state index is 13.1. The van der Waals surface area contributed by atoms with Gasteiger partial charge in [-0.15, -0.1) is 0 Å². The predicted octanol–water partition coefficient (Wildman–Crippen LogP) is 2.39. The molecule has 1 aromatic rings. The Morgan fingerprint density at radius 2 is 2.08 bits per heavy atom. The van der Waals surface area contributed by atoms with Crippen LogP contribution in [0.25, 0.3) is 0 Å². The number of carbonyl (C=O) groups excluding carboxylic acids is 2. The predicted molar refractivity (Wildman–Crippen MR) is 91.5 cm³/mol. The van der Waals surface area contributed by atoms with E-state index in [-0.39, 0.29) is 5.91 Å². The van der Waals surface area contributed by atoms with Gasteiger partial charge < -0.3 is 9.64 Å². The van der Waals surface area contributed by atoms with Crippen molar-refractivity contribution in [3.63, 3.8) is 0 Å². The summed E-state index contributed by atoms with van der Waals surface area (Å²) in [5, 5.41) is 8.85. The lowest BCUT2D eigenvalue weighted by Gasteiger charge is -2.34. The highest BCUT2D eigenvalue weighted by Crippen LogP contribution is 2.41. The van der Waals surface area contributed by atoms with Crippen molar-refractivity contribution in [2.45, 2.75) is 51.2 Å². The van der Waals surface area contributed by atoms with Gasteiger partial charge in [0.15, 0.2) is 0 Å². The molecule has 3 heterocycles. The van der Waals surface area contributed by atoms with Crippen LogP contribution in [0.15, 0.2) is 18.3 Å². The molecule has 2 N–H and O–H groups in total. The lowest BCUT2D eigenvalue weighted by atomic mass is 9.94. The van der Waals surface area contributed by atoms with Gasteiger partial charge in [-0.1, -0.05) is 0 Å². The summed E-state index contributed by atoms with van der Waals surface area (Å²) in [6.07, 6.45) is 3.10. The van der Waals surface area contributed by atoms with E-state index in [1.54, 1.807) is 21.9 Å². The highest BCUT2D eigenvalue weighted by atomic mass is 16.6. The Morgan fingerprint density at radius 3 is 2.68 bits per heavy atom. The molecule has 1 atom stereocenters. The third-order valence-electron chi connectivity index (χ3n) is 4.67. The molecule has 136 valence electrons. The molecule has 0 aromatic carbocycles. The second-order valence-corrected chi connectivity index (χ2v) is 7.49. The Balaban J connectivity index is 1.82. The lowest BCUT2D eigenvalue weighted by Crippen LogP contribution is -2.54. The molecule has 1 unspecified atom stereocenters. The van der Waals surface area contributed by atoms with Gasteiger partial charge in [0.2, 0.25) is 0 Å². The second kappa shape index (κ2) is 6.18. The zero-order chi connectivity index (χ0) is 18.2. The number of likely N-dealkylation sites (tertiary alicyclic amines) is 1. The smallest absolute Gasteiger partial charge is 0.411 e. The first kappa shape index (κ1) is 17.5. The van der Waals surface area contributed by atoms with E-state index in [9.17, 15) is 9.59 Å². The fourth-order valence-corrected chi connectivity index (χ4v) is 3.56. The fourth-order valence-electron chi connectivity index (χ4n) is 3.56. The number of amides is 2. The van der Waals surface area contributed by atoms with Crippen molar-refractivity contribution < 1.29 is 19.5 Å². The number of nitrogens with zero attached hydrogens (tertiary/aromatic N) is 3. The van der Waals surface area contributed by atoms with Crippen LogP contribution in [0, 0.1) is 0 Å². The zero-order valence-electron chi connectivity index (χ0n) is 14.8. The molecular formula is C17H24N4O4. The first-order chi connectivity index (χ1) is 11.8. The quantitative estimate of drug-likeness (QED) is 0.797. The average Bonchev–Trinajstić information content (AvgIpc) is 3.12. The minimum Gasteiger partial charge on any atom is -0.444 e. The summed E-state index contributed by atoms with van der Waals surface area (Å²) in [6, 6.07) is 3.31. The van der Waals surface area contributed by atoms with Gasteiger partial charge in [-0.2, -0.15) is 0 Å². The molecule has 2 fully saturated rings. The van der Waals surface area contributed by atoms with Crippen LogP contribution in [0.1, 0.15) is 40.0 Å². The van der Waals surface area contributed by atoms with Crippen molar-refractivity contribution in [3.8, 4) is 0 Å². The van der Waals surface area contributed by atoms with E-state index in [0.717, 1.165) is 6.42 Å². The number of rotatable bonds is 2. The molecule has 0 aliphatic carbocycles. The fraction of sp³-hybridized carbons (Fsp3) is 0.588. The Bertz CT molecular complexity index is 670. The molecule has 3 rings (SSSR count). The Hall–Kier alpha value is -2.35. The molecule has 0 bridgehead atoms. The highest BCUT2D eigenvalue weighted by molar-refractivity contribution is 6.04. The van der Waals surface area contributed by atoms with Crippen LogP contribution in [0.3, 0.4) is 0 Å². The summed E-state index contributed by atoms with van der Waals surface area (Å²) in [7, 11) is 0. The van der Waals surface area contributed by atoms with Crippen molar-refractivity contribution in [2.75, 3.05) is 23.5 Å². The molecule has 1 spiro atoms. The van der Waals surface area contributed by atoms with E-state index >= 15 is 0 Å². The molecule has 8 nitrogen and oxygen atoms in total. The molecule has 1 aromatic heterocycles. The summed E-state index contributed by atoms with van der Waals surface area (Å²) in [6.45, 7) is 6.50. The van der Waals surface area contributed by atoms with E-state index < -0.39 is 17.2 Å². The number of anilines is 2. The van der Waals surface area contributed by atoms with Gasteiger partial charge >= 0.3 is 6.09 Å². The van der Waals surface area contributed by atoms with E-state index in [4.69, 9.17) is 9.94 Å². The van der Waals surface area contributed by atoms with Gasteiger partial charge in [0, 0.05) is 13.1 Å². The topological polar surface area (TPSA) is 95.0 Å². The molecule has 25 heavy (non-hydrogen) atoms. The average molecular weight is 348 g/mol. The summed E-state index contributed by atoms with van der Waals surface area (Å²) in [5.41, 5.74) is 1.19. The largest absolute Gasteiger partial charge is 0.444 e. The molecule has 2 aliphatic heterocycles. The number of hydrogen-bond donors (Lipinski definition) is 2. The van der Waals surface area contributed by atoms with Crippen LogP contribution >= 0.6 is 0 Å². The first-order valence-corrected chi connectivity index (χ1v) is 8.46. The molecule has 0 radical (unpaired) electrons. The van der Waals surface area contributed by atoms with E-state index in [0.29, 0.717) is 37.4 Å². The summed E-state index contributed by atoms with van der Waals surface area (Å²) < 4.78 is 5.50. The van der Waals surface area contributed by atoms with Gasteiger partial charge in [0.1, 0.15) is 17.0 Å². The number of ether oxygens (including phenoxy) is 1. The molecule has 8 heteroatoms. The summed E-state index contributed by atoms with van der Waals surface area (Å²) in [4.78, 5) is 33.0. The van der Waals surface area contributed by atoms with Crippen molar-refractivity contribution in [3.05, 3.63) is 18.3 Å². The maximum Gasteiger partial charge on any atom is 0.411 e. The van der Waals surface area contributed by atoms with Gasteiger partial charge in [-0.05, 0) is 52.2 Å². The van der Waals surface area contributed by atoms with Crippen molar-refractivity contribution in [2.24, 2.45) is 0 Å². The van der Waals surface area contributed by atoms with E-state index in [2.05, 4.69) is 4.98 Å². The standard InChI is InChI=1S/C17H24N4O4/c1-16(2,3)25-15(23)21-9-4-7-17(21)8-10-20(14(17)22)12-5-6-13(19-24)18-11-12/h5-6,11,24H,4,7-10H2,1-3H3,(H,18,19). The first-order valence-electron chi connectivity index (χ1n) is 8.46. The van der Waals surface area contributed by atoms with Crippen LogP contribution in [-0.4, -0.2) is 51.3 Å². The van der Waals surface area contributed by atoms with E-state index in [1.165, 1.54) is 6.20 Å². The van der Waals surface area contributed by atoms with Crippen LogP contribution in [-0.2, 0) is 9.53 Å². The Morgan fingerprint density at radius 1 is 1.32 bits per heavy atom. The highest BCUT2D eigenvalue weighted by Gasteiger charge is 2.56. The zero-order valence-corrected chi connectivity index (χ0v) is 14.8. The molecule has 2 amide bonds. The Kier molecular flexibility index (Phi) is 4.32. The number of aromatic nitrogens is 1. The van der Waals surface area contributed by atoms with Crippen LogP contribution < -0.4 is 10.4 Å². The van der Waals surface area contributed by atoms with Gasteiger partial charge in [0.05, 0.1) is 11.9 Å². The number of nitrogens with one attached hydrogen (secondary N) is 1. The second-order valence-electron chi connectivity index (χ2n) is 7.49. The Labute approximate surface area is 146 Å². The van der Waals surface area contributed by atoms with Crippen molar-refractivity contribution in [1.29, 1.82) is 0 Å². The SMILES string of the molecule is CC(C)(C)OC(=O)N1CCCC12CCN(c1ccc(NO)nc1)C2=O. The molecule has 2 saturated heterocycles. The van der Waals surface area contributed by atoms with Gasteiger partial charge in [0.25, 0.3) is 5.91 Å². The minimum absolute atomic E-state index is 0.0950.